The first-order chi connectivity index (χ1) is 11.1. The molecule has 0 aliphatic carbocycles. The van der Waals surface area contributed by atoms with Crippen molar-refractivity contribution in [3.05, 3.63) is 61.9 Å². The fourth-order valence-corrected chi connectivity index (χ4v) is 3.62. The predicted molar refractivity (Wildman–Crippen MR) is 101 cm³/mol. The zero-order valence-electron chi connectivity index (χ0n) is 12.3. The maximum atomic E-state index is 13.9. The number of amides is 1. The molecule has 1 aliphatic rings. The highest BCUT2D eigenvalue weighted by Gasteiger charge is 2.24. The number of carbonyl (C=O) groups excluding carboxylic acids is 1. The summed E-state index contributed by atoms with van der Waals surface area (Å²) in [6.07, 6.45) is 0. The largest absolute Gasteiger partial charge is 0.366 e. The van der Waals surface area contributed by atoms with Gasteiger partial charge in [0.05, 0.1) is 11.3 Å². The molecule has 0 atom stereocenters. The lowest BCUT2D eigenvalue weighted by Gasteiger charge is -2.36. The van der Waals surface area contributed by atoms with Crippen LogP contribution in [-0.2, 0) is 0 Å². The zero-order chi connectivity index (χ0) is 16.4. The number of nitrogens with zero attached hydrogens (tertiary/aromatic N) is 2. The number of benzene rings is 2. The molecule has 3 rings (SSSR count). The molecule has 0 bridgehead atoms. The predicted octanol–water partition coefficient (Wildman–Crippen LogP) is 4.16. The van der Waals surface area contributed by atoms with Crippen molar-refractivity contribution in [3.8, 4) is 0 Å². The Morgan fingerprint density at radius 2 is 1.78 bits per heavy atom. The molecule has 1 aliphatic heterocycles. The van der Waals surface area contributed by atoms with Gasteiger partial charge in [0.1, 0.15) is 5.82 Å². The van der Waals surface area contributed by atoms with E-state index in [4.69, 9.17) is 0 Å². The van der Waals surface area contributed by atoms with Crippen molar-refractivity contribution < 1.29 is 9.18 Å². The van der Waals surface area contributed by atoms with E-state index in [0.717, 1.165) is 8.04 Å². The number of hydrogen-bond acceptors (Lipinski definition) is 2. The molecule has 1 heterocycles. The van der Waals surface area contributed by atoms with E-state index in [2.05, 4.69) is 38.5 Å². The Balaban J connectivity index is 1.70. The minimum Gasteiger partial charge on any atom is -0.366 e. The molecule has 0 unspecified atom stereocenters. The lowest BCUT2D eigenvalue weighted by atomic mass is 10.1. The maximum absolute atomic E-state index is 13.9. The average Bonchev–Trinajstić information content (AvgIpc) is 2.57. The summed E-state index contributed by atoms with van der Waals surface area (Å²) in [4.78, 5) is 16.5. The van der Waals surface area contributed by atoms with Gasteiger partial charge in [-0.25, -0.2) is 4.39 Å². The summed E-state index contributed by atoms with van der Waals surface area (Å²) >= 11 is 5.59. The summed E-state index contributed by atoms with van der Waals surface area (Å²) in [5.41, 5.74) is 1.32. The Bertz CT molecular complexity index is 732. The Hall–Kier alpha value is -1.15. The first-order valence-corrected chi connectivity index (χ1v) is 9.17. The normalized spacial score (nSPS) is 14.9. The van der Waals surface area contributed by atoms with Gasteiger partial charge in [0.25, 0.3) is 5.91 Å². The summed E-state index contributed by atoms with van der Waals surface area (Å²) in [6.45, 7) is 2.46. The molecule has 1 amide bonds. The quantitative estimate of drug-likeness (QED) is 0.593. The Labute approximate surface area is 156 Å². The number of hydrogen-bond donors (Lipinski definition) is 0. The van der Waals surface area contributed by atoms with Crippen molar-refractivity contribution in [3.63, 3.8) is 0 Å². The van der Waals surface area contributed by atoms with Crippen LogP contribution in [0.3, 0.4) is 0 Å². The Kier molecular flexibility index (Phi) is 5.21. The SMILES string of the molecule is O=C(c1cc(Br)ccc1I)N1CCN(c2ccccc2F)CC1. The topological polar surface area (TPSA) is 23.6 Å². The number of rotatable bonds is 2. The van der Waals surface area contributed by atoms with Gasteiger partial charge in [-0.3, -0.25) is 4.79 Å². The first-order valence-electron chi connectivity index (χ1n) is 7.30. The Morgan fingerprint density at radius 3 is 2.48 bits per heavy atom. The number of para-hydroxylation sites is 1. The van der Waals surface area contributed by atoms with Crippen LogP contribution in [0.5, 0.6) is 0 Å². The Morgan fingerprint density at radius 1 is 1.09 bits per heavy atom. The van der Waals surface area contributed by atoms with Crippen molar-refractivity contribution in [2.45, 2.75) is 0 Å². The third-order valence-corrected chi connectivity index (χ3v) is 5.35. The summed E-state index contributed by atoms with van der Waals surface area (Å²) < 4.78 is 15.7. The molecule has 23 heavy (non-hydrogen) atoms. The molecular formula is C17H15BrFIN2O. The van der Waals surface area contributed by atoms with E-state index in [1.54, 1.807) is 12.1 Å². The van der Waals surface area contributed by atoms with Gasteiger partial charge in [-0.2, -0.15) is 0 Å². The highest BCUT2D eigenvalue weighted by Crippen LogP contribution is 2.23. The molecule has 1 fully saturated rings. The maximum Gasteiger partial charge on any atom is 0.255 e. The van der Waals surface area contributed by atoms with Gasteiger partial charge in [0.15, 0.2) is 0 Å². The second-order valence-electron chi connectivity index (χ2n) is 5.35. The van der Waals surface area contributed by atoms with Crippen LogP contribution in [0.15, 0.2) is 46.9 Å². The molecule has 120 valence electrons. The summed E-state index contributed by atoms with van der Waals surface area (Å²) in [6, 6.07) is 12.5. The van der Waals surface area contributed by atoms with E-state index in [1.165, 1.54) is 6.07 Å². The molecule has 6 heteroatoms. The van der Waals surface area contributed by atoms with Crippen LogP contribution in [0.25, 0.3) is 0 Å². The van der Waals surface area contributed by atoms with Crippen LogP contribution in [0.4, 0.5) is 10.1 Å². The van der Waals surface area contributed by atoms with Crippen molar-refractivity contribution in [2.75, 3.05) is 31.1 Å². The average molecular weight is 489 g/mol. The summed E-state index contributed by atoms with van der Waals surface area (Å²) in [5.74, 6) is -0.183. The minimum atomic E-state index is -0.214. The van der Waals surface area contributed by atoms with Crippen LogP contribution < -0.4 is 4.90 Å². The third kappa shape index (κ3) is 3.68. The van der Waals surface area contributed by atoms with E-state index in [-0.39, 0.29) is 11.7 Å². The lowest BCUT2D eigenvalue weighted by molar-refractivity contribution is 0.0745. The van der Waals surface area contributed by atoms with E-state index in [0.29, 0.717) is 37.4 Å². The monoisotopic (exact) mass is 488 g/mol. The molecule has 3 nitrogen and oxygen atoms in total. The summed E-state index contributed by atoms with van der Waals surface area (Å²) in [7, 11) is 0. The van der Waals surface area contributed by atoms with Crippen LogP contribution in [0.2, 0.25) is 0 Å². The minimum absolute atomic E-state index is 0.0314. The standard InChI is InChI=1S/C17H15BrFIN2O/c18-12-5-6-15(20)13(11-12)17(23)22-9-7-21(8-10-22)16-4-2-1-3-14(16)19/h1-6,11H,7-10H2. The van der Waals surface area contributed by atoms with Crippen LogP contribution >= 0.6 is 38.5 Å². The van der Waals surface area contributed by atoms with Gasteiger partial charge in [-0.1, -0.05) is 28.1 Å². The van der Waals surface area contributed by atoms with Gasteiger partial charge in [-0.15, -0.1) is 0 Å². The van der Waals surface area contributed by atoms with Crippen LogP contribution in [-0.4, -0.2) is 37.0 Å². The first kappa shape index (κ1) is 16.7. The zero-order valence-corrected chi connectivity index (χ0v) is 16.0. The molecule has 0 saturated carbocycles. The molecule has 1 saturated heterocycles. The van der Waals surface area contributed by atoms with E-state index < -0.39 is 0 Å². The molecular weight excluding hydrogens is 474 g/mol. The number of carbonyl (C=O) groups is 1. The number of piperazine rings is 1. The smallest absolute Gasteiger partial charge is 0.255 e. The van der Waals surface area contributed by atoms with Crippen molar-refractivity contribution >= 4 is 50.1 Å². The van der Waals surface area contributed by atoms with Crippen molar-refractivity contribution in [1.29, 1.82) is 0 Å². The molecule has 0 spiro atoms. The molecule has 2 aromatic carbocycles. The highest BCUT2D eigenvalue weighted by molar-refractivity contribution is 14.1. The summed E-state index contributed by atoms with van der Waals surface area (Å²) in [5, 5.41) is 0. The fourth-order valence-electron chi connectivity index (χ4n) is 2.69. The second-order valence-corrected chi connectivity index (χ2v) is 7.43. The molecule has 0 radical (unpaired) electrons. The van der Waals surface area contributed by atoms with Crippen molar-refractivity contribution in [2.24, 2.45) is 0 Å². The van der Waals surface area contributed by atoms with Gasteiger partial charge in [0.2, 0.25) is 0 Å². The van der Waals surface area contributed by atoms with E-state index >= 15 is 0 Å². The van der Waals surface area contributed by atoms with Crippen LogP contribution in [0, 0.1) is 9.39 Å². The molecule has 2 aromatic rings. The third-order valence-electron chi connectivity index (χ3n) is 3.92. The van der Waals surface area contributed by atoms with Gasteiger partial charge in [0, 0.05) is 34.2 Å². The number of halogens is 3. The fraction of sp³-hybridized carbons (Fsp3) is 0.235. The van der Waals surface area contributed by atoms with E-state index in [9.17, 15) is 9.18 Å². The van der Waals surface area contributed by atoms with Gasteiger partial charge >= 0.3 is 0 Å². The highest BCUT2D eigenvalue weighted by atomic mass is 127. The molecule has 0 N–H and O–H groups in total. The lowest BCUT2D eigenvalue weighted by Crippen LogP contribution is -2.49. The second kappa shape index (κ2) is 7.17. The van der Waals surface area contributed by atoms with Gasteiger partial charge in [-0.05, 0) is 52.9 Å². The van der Waals surface area contributed by atoms with Crippen LogP contribution in [0.1, 0.15) is 10.4 Å². The van der Waals surface area contributed by atoms with E-state index in [1.807, 2.05) is 34.1 Å². The van der Waals surface area contributed by atoms with Gasteiger partial charge < -0.3 is 9.80 Å². The van der Waals surface area contributed by atoms with Crippen molar-refractivity contribution in [1.82, 2.24) is 4.90 Å². The molecule has 0 aromatic heterocycles. The number of anilines is 1.